The van der Waals surface area contributed by atoms with Gasteiger partial charge in [0.25, 0.3) is 0 Å². The van der Waals surface area contributed by atoms with E-state index in [-0.39, 0.29) is 0 Å². The van der Waals surface area contributed by atoms with Crippen molar-refractivity contribution in [2.45, 2.75) is 58.4 Å². The Morgan fingerprint density at radius 2 is 1.89 bits per heavy atom. The lowest BCUT2D eigenvalue weighted by Crippen LogP contribution is -2.27. The van der Waals surface area contributed by atoms with E-state index in [1.54, 1.807) is 0 Å². The highest BCUT2D eigenvalue weighted by Crippen LogP contribution is 2.34. The third-order valence-electron chi connectivity index (χ3n) is 4.54. The van der Waals surface area contributed by atoms with Crippen LogP contribution in [0.5, 0.6) is 0 Å². The van der Waals surface area contributed by atoms with Crippen LogP contribution in [-0.4, -0.2) is 16.5 Å². The molecule has 0 unspecified atom stereocenters. The Morgan fingerprint density at radius 1 is 1.11 bits per heavy atom. The van der Waals surface area contributed by atoms with Crippen molar-refractivity contribution in [3.8, 4) is 0 Å². The van der Waals surface area contributed by atoms with Crippen LogP contribution in [-0.2, 0) is 13.0 Å². The van der Waals surface area contributed by atoms with Crippen molar-refractivity contribution in [1.29, 1.82) is 0 Å². The molecule has 0 bridgehead atoms. The van der Waals surface area contributed by atoms with Crippen LogP contribution >= 0.6 is 0 Å². The molecule has 1 aliphatic carbocycles. The molecule has 98 valence electrons. The fraction of sp³-hybridized carbons (Fsp3) is 0.733. The molecule has 0 spiro atoms. The summed E-state index contributed by atoms with van der Waals surface area (Å²) >= 11 is 0. The van der Waals surface area contributed by atoms with Gasteiger partial charge in [0.2, 0.25) is 0 Å². The molecule has 0 atom stereocenters. The number of rotatable bonds is 1. The van der Waals surface area contributed by atoms with Gasteiger partial charge in [0, 0.05) is 36.7 Å². The lowest BCUT2D eigenvalue weighted by Gasteiger charge is -2.27. The lowest BCUT2D eigenvalue weighted by atomic mass is 9.82. The second kappa shape index (κ2) is 4.96. The zero-order valence-electron chi connectivity index (χ0n) is 11.5. The SMILES string of the molecule is Cc1nc(C2CCC(C)CC2)nc2c1CNCC2. The van der Waals surface area contributed by atoms with Crippen molar-refractivity contribution < 1.29 is 0 Å². The van der Waals surface area contributed by atoms with E-state index in [1.807, 2.05) is 0 Å². The van der Waals surface area contributed by atoms with Gasteiger partial charge in [-0.1, -0.05) is 19.8 Å². The van der Waals surface area contributed by atoms with Crippen LogP contribution in [0.15, 0.2) is 0 Å². The van der Waals surface area contributed by atoms with Gasteiger partial charge in [-0.25, -0.2) is 9.97 Å². The molecule has 0 aromatic carbocycles. The van der Waals surface area contributed by atoms with Gasteiger partial charge in [-0.3, -0.25) is 0 Å². The molecular weight excluding hydrogens is 222 g/mol. The van der Waals surface area contributed by atoms with E-state index in [0.29, 0.717) is 5.92 Å². The maximum atomic E-state index is 4.87. The summed E-state index contributed by atoms with van der Waals surface area (Å²) in [6.45, 7) is 6.51. The van der Waals surface area contributed by atoms with Crippen LogP contribution in [0, 0.1) is 12.8 Å². The number of aryl methyl sites for hydroxylation is 1. The molecule has 1 fully saturated rings. The summed E-state index contributed by atoms with van der Waals surface area (Å²) in [7, 11) is 0. The Kier molecular flexibility index (Phi) is 3.33. The molecule has 0 radical (unpaired) electrons. The normalized spacial score (nSPS) is 27.9. The van der Waals surface area contributed by atoms with Crippen LogP contribution in [0.4, 0.5) is 0 Å². The lowest BCUT2D eigenvalue weighted by molar-refractivity contribution is 0.338. The first-order chi connectivity index (χ1) is 8.74. The first-order valence-electron chi connectivity index (χ1n) is 7.31. The van der Waals surface area contributed by atoms with E-state index in [2.05, 4.69) is 19.2 Å². The molecule has 0 amide bonds. The zero-order chi connectivity index (χ0) is 12.5. The predicted octanol–water partition coefficient (Wildman–Crippen LogP) is 2.72. The van der Waals surface area contributed by atoms with E-state index >= 15 is 0 Å². The molecular formula is C15H23N3. The minimum Gasteiger partial charge on any atom is -0.312 e. The summed E-state index contributed by atoms with van der Waals surface area (Å²) in [4.78, 5) is 9.66. The number of hydrogen-bond acceptors (Lipinski definition) is 3. The Morgan fingerprint density at radius 3 is 2.67 bits per heavy atom. The van der Waals surface area contributed by atoms with Crippen molar-refractivity contribution in [2.24, 2.45) is 5.92 Å². The molecule has 1 N–H and O–H groups in total. The number of hydrogen-bond donors (Lipinski definition) is 1. The van der Waals surface area contributed by atoms with Gasteiger partial charge in [-0.15, -0.1) is 0 Å². The van der Waals surface area contributed by atoms with Gasteiger partial charge in [-0.05, 0) is 25.7 Å². The van der Waals surface area contributed by atoms with Gasteiger partial charge in [0.15, 0.2) is 0 Å². The molecule has 1 saturated carbocycles. The quantitative estimate of drug-likeness (QED) is 0.826. The Bertz CT molecular complexity index is 434. The summed E-state index contributed by atoms with van der Waals surface area (Å²) in [5.74, 6) is 2.63. The summed E-state index contributed by atoms with van der Waals surface area (Å²) in [6, 6.07) is 0. The monoisotopic (exact) mass is 245 g/mol. The predicted molar refractivity (Wildman–Crippen MR) is 72.6 cm³/mol. The van der Waals surface area contributed by atoms with Crippen LogP contribution < -0.4 is 5.32 Å². The van der Waals surface area contributed by atoms with Crippen LogP contribution in [0.25, 0.3) is 0 Å². The molecule has 0 saturated heterocycles. The topological polar surface area (TPSA) is 37.8 Å². The van der Waals surface area contributed by atoms with Gasteiger partial charge in [0.1, 0.15) is 5.82 Å². The second-order valence-electron chi connectivity index (χ2n) is 5.98. The third kappa shape index (κ3) is 2.28. The average molecular weight is 245 g/mol. The number of fused-ring (bicyclic) bond motifs is 1. The van der Waals surface area contributed by atoms with Crippen LogP contribution in [0.3, 0.4) is 0 Å². The molecule has 2 aliphatic rings. The minimum absolute atomic E-state index is 0.611. The highest BCUT2D eigenvalue weighted by Gasteiger charge is 2.24. The van der Waals surface area contributed by atoms with Crippen LogP contribution in [0.2, 0.25) is 0 Å². The molecule has 18 heavy (non-hydrogen) atoms. The summed E-state index contributed by atoms with van der Waals surface area (Å²) in [5.41, 5.74) is 3.84. The number of aromatic nitrogens is 2. The standard InChI is InChI=1S/C15H23N3/c1-10-3-5-12(6-4-10)15-17-11(2)13-9-16-8-7-14(13)18-15/h10,12,16H,3-9H2,1-2H3. The van der Waals surface area contributed by atoms with Crippen molar-refractivity contribution in [3.05, 3.63) is 22.8 Å². The maximum Gasteiger partial charge on any atom is 0.131 e. The van der Waals surface area contributed by atoms with Gasteiger partial charge in [-0.2, -0.15) is 0 Å². The number of nitrogens with zero attached hydrogens (tertiary/aromatic N) is 2. The van der Waals surface area contributed by atoms with Gasteiger partial charge in [0.05, 0.1) is 5.69 Å². The molecule has 1 aromatic rings. The molecule has 3 nitrogen and oxygen atoms in total. The van der Waals surface area contributed by atoms with Gasteiger partial charge < -0.3 is 5.32 Å². The van der Waals surface area contributed by atoms with E-state index in [4.69, 9.17) is 9.97 Å². The second-order valence-corrected chi connectivity index (χ2v) is 5.98. The first kappa shape index (κ1) is 12.1. The van der Waals surface area contributed by atoms with E-state index in [9.17, 15) is 0 Å². The van der Waals surface area contributed by atoms with E-state index in [1.165, 1.54) is 42.6 Å². The van der Waals surface area contributed by atoms with Gasteiger partial charge >= 0.3 is 0 Å². The van der Waals surface area contributed by atoms with Crippen LogP contribution in [0.1, 0.15) is 61.3 Å². The zero-order valence-corrected chi connectivity index (χ0v) is 11.5. The van der Waals surface area contributed by atoms with Crippen molar-refractivity contribution in [1.82, 2.24) is 15.3 Å². The largest absolute Gasteiger partial charge is 0.312 e. The summed E-state index contributed by atoms with van der Waals surface area (Å²) in [6.07, 6.45) is 6.29. The Balaban J connectivity index is 1.86. The highest BCUT2D eigenvalue weighted by atomic mass is 15.0. The fourth-order valence-electron chi connectivity index (χ4n) is 3.24. The van der Waals surface area contributed by atoms with Crippen molar-refractivity contribution in [3.63, 3.8) is 0 Å². The minimum atomic E-state index is 0.611. The molecule has 1 aliphatic heterocycles. The number of nitrogens with one attached hydrogen (secondary N) is 1. The van der Waals surface area contributed by atoms with E-state index < -0.39 is 0 Å². The van der Waals surface area contributed by atoms with Crippen molar-refractivity contribution in [2.75, 3.05) is 6.54 Å². The molecule has 3 heteroatoms. The van der Waals surface area contributed by atoms with Crippen molar-refractivity contribution >= 4 is 0 Å². The Labute approximate surface area is 109 Å². The summed E-state index contributed by atoms with van der Waals surface area (Å²) < 4.78 is 0. The molecule has 2 heterocycles. The highest BCUT2D eigenvalue weighted by molar-refractivity contribution is 5.28. The molecule has 3 rings (SSSR count). The fourth-order valence-corrected chi connectivity index (χ4v) is 3.24. The van der Waals surface area contributed by atoms with E-state index in [0.717, 1.165) is 31.3 Å². The first-order valence-corrected chi connectivity index (χ1v) is 7.31. The Hall–Kier alpha value is -0.960. The average Bonchev–Trinajstić information content (AvgIpc) is 2.39. The smallest absolute Gasteiger partial charge is 0.131 e. The summed E-state index contributed by atoms with van der Waals surface area (Å²) in [5, 5.41) is 3.41. The molecule has 1 aromatic heterocycles. The third-order valence-corrected chi connectivity index (χ3v) is 4.54. The maximum absolute atomic E-state index is 4.87.